The van der Waals surface area contributed by atoms with Crippen molar-refractivity contribution in [2.75, 3.05) is 33.4 Å². The van der Waals surface area contributed by atoms with E-state index in [1.54, 1.807) is 18.9 Å². The van der Waals surface area contributed by atoms with E-state index < -0.39 is 0 Å². The smallest absolute Gasteiger partial charge is 0.330 e. The number of carbonyl (C=O) groups is 4. The number of hydrogen-bond acceptors (Lipinski definition) is 7. The Labute approximate surface area is 286 Å². The highest BCUT2D eigenvalue weighted by atomic mass is 32.2. The number of unbranched alkanes of at least 4 members (excludes halogenated alkanes) is 9. The van der Waals surface area contributed by atoms with Crippen molar-refractivity contribution in [2.24, 2.45) is 0 Å². The lowest BCUT2D eigenvalue weighted by atomic mass is 10.0. The number of allylic oxidation sites excluding steroid dienone is 5. The average molecular weight is 670 g/mol. The first-order valence-corrected chi connectivity index (χ1v) is 18.0. The SMILES string of the molecule is CCOC(=O)/C=C(C)/C=C/C=C(\C)CCCCCCCCCCCCNC(=O)N(C)CCOc1ccc(CC2SC(=O)NC2=O)cc1. The first kappa shape index (κ1) is 39.6. The van der Waals surface area contributed by atoms with E-state index in [0.717, 1.165) is 42.2 Å². The van der Waals surface area contributed by atoms with Crippen LogP contribution in [0.1, 0.15) is 97.0 Å². The van der Waals surface area contributed by atoms with Crippen LogP contribution >= 0.6 is 11.8 Å². The number of amides is 4. The van der Waals surface area contributed by atoms with Crippen molar-refractivity contribution in [1.82, 2.24) is 15.5 Å². The van der Waals surface area contributed by atoms with Crippen LogP contribution in [-0.4, -0.2) is 66.6 Å². The molecule has 2 rings (SSSR count). The van der Waals surface area contributed by atoms with Gasteiger partial charge >= 0.3 is 12.0 Å². The highest BCUT2D eigenvalue weighted by Crippen LogP contribution is 2.24. The molecule has 1 unspecified atom stereocenters. The van der Waals surface area contributed by atoms with Gasteiger partial charge in [-0.25, -0.2) is 9.59 Å². The fraction of sp³-hybridized carbons (Fsp3) is 0.568. The van der Waals surface area contributed by atoms with Gasteiger partial charge in [-0.1, -0.05) is 99.1 Å². The topological polar surface area (TPSA) is 114 Å². The van der Waals surface area contributed by atoms with Crippen LogP contribution in [0, 0.1) is 0 Å². The molecule has 0 aliphatic carbocycles. The summed E-state index contributed by atoms with van der Waals surface area (Å²) in [5.41, 5.74) is 3.20. The summed E-state index contributed by atoms with van der Waals surface area (Å²) in [6.07, 6.45) is 21.4. The molecule has 1 saturated heterocycles. The Morgan fingerprint density at radius 2 is 1.60 bits per heavy atom. The van der Waals surface area contributed by atoms with Crippen molar-refractivity contribution in [3.8, 4) is 5.75 Å². The summed E-state index contributed by atoms with van der Waals surface area (Å²) in [7, 11) is 1.76. The molecule has 1 fully saturated rings. The molecule has 9 nitrogen and oxygen atoms in total. The fourth-order valence-corrected chi connectivity index (χ4v) is 5.86. The number of esters is 1. The number of carbonyl (C=O) groups excluding carboxylic acids is 4. The zero-order valence-corrected chi connectivity index (χ0v) is 29.6. The lowest BCUT2D eigenvalue weighted by molar-refractivity contribution is -0.137. The molecule has 1 atom stereocenters. The summed E-state index contributed by atoms with van der Waals surface area (Å²) in [5.74, 6) is 0.163. The molecule has 1 aliphatic heterocycles. The number of urea groups is 1. The van der Waals surface area contributed by atoms with E-state index in [2.05, 4.69) is 23.6 Å². The van der Waals surface area contributed by atoms with E-state index in [0.29, 0.717) is 38.5 Å². The molecular weight excluding hydrogens is 614 g/mol. The molecule has 4 amide bonds. The minimum atomic E-state index is -0.383. The minimum Gasteiger partial charge on any atom is -0.492 e. The molecule has 47 heavy (non-hydrogen) atoms. The molecule has 0 radical (unpaired) electrons. The molecule has 1 aromatic carbocycles. The Morgan fingerprint density at radius 3 is 2.21 bits per heavy atom. The number of imide groups is 1. The fourth-order valence-electron chi connectivity index (χ4n) is 5.00. The second-order valence-corrected chi connectivity index (χ2v) is 13.2. The molecule has 1 heterocycles. The average Bonchev–Trinajstić information content (AvgIpc) is 3.35. The lowest BCUT2D eigenvalue weighted by Crippen LogP contribution is -2.39. The predicted octanol–water partition coefficient (Wildman–Crippen LogP) is 7.90. The molecule has 10 heteroatoms. The Morgan fingerprint density at radius 1 is 0.957 bits per heavy atom. The maximum Gasteiger partial charge on any atom is 0.330 e. The molecule has 2 N–H and O–H groups in total. The number of rotatable bonds is 23. The van der Waals surface area contributed by atoms with Gasteiger partial charge in [0.15, 0.2) is 0 Å². The van der Waals surface area contributed by atoms with Gasteiger partial charge in [0.05, 0.1) is 18.4 Å². The minimum absolute atomic E-state index is 0.0914. The number of benzene rings is 1. The zero-order chi connectivity index (χ0) is 34.3. The van der Waals surface area contributed by atoms with Gasteiger partial charge in [0.1, 0.15) is 12.4 Å². The Bertz CT molecular complexity index is 1210. The van der Waals surface area contributed by atoms with Crippen LogP contribution < -0.4 is 15.4 Å². The highest BCUT2D eigenvalue weighted by molar-refractivity contribution is 8.15. The summed E-state index contributed by atoms with van der Waals surface area (Å²) in [6, 6.07) is 7.38. The van der Waals surface area contributed by atoms with Crippen molar-refractivity contribution in [2.45, 2.75) is 103 Å². The van der Waals surface area contributed by atoms with Gasteiger partial charge in [0.25, 0.3) is 5.24 Å². The monoisotopic (exact) mass is 669 g/mol. The van der Waals surface area contributed by atoms with Crippen LogP contribution in [0.5, 0.6) is 5.75 Å². The van der Waals surface area contributed by atoms with Crippen LogP contribution in [0.2, 0.25) is 0 Å². The normalized spacial score (nSPS) is 15.2. The summed E-state index contributed by atoms with van der Waals surface area (Å²) in [4.78, 5) is 48.5. The van der Waals surface area contributed by atoms with E-state index in [4.69, 9.17) is 9.47 Å². The molecular formula is C37H55N3O6S. The van der Waals surface area contributed by atoms with Gasteiger partial charge in [0.2, 0.25) is 5.91 Å². The molecule has 1 aromatic rings. The Hall–Kier alpha value is -3.53. The van der Waals surface area contributed by atoms with Gasteiger partial charge in [-0.15, -0.1) is 0 Å². The van der Waals surface area contributed by atoms with E-state index in [1.807, 2.05) is 43.3 Å². The third kappa shape index (κ3) is 18.4. The first-order valence-electron chi connectivity index (χ1n) is 17.1. The third-order valence-corrected chi connectivity index (χ3v) is 8.78. The highest BCUT2D eigenvalue weighted by Gasteiger charge is 2.31. The Kier molecular flexibility index (Phi) is 20.0. The molecule has 0 bridgehead atoms. The van der Waals surface area contributed by atoms with Crippen molar-refractivity contribution < 1.29 is 28.7 Å². The second kappa shape index (κ2) is 23.7. The van der Waals surface area contributed by atoms with Gasteiger partial charge in [-0.3, -0.25) is 14.9 Å². The summed E-state index contributed by atoms with van der Waals surface area (Å²) >= 11 is 1.03. The van der Waals surface area contributed by atoms with Crippen LogP contribution in [0.15, 0.2) is 59.7 Å². The summed E-state index contributed by atoms with van der Waals surface area (Å²) in [6.45, 7) is 7.79. The largest absolute Gasteiger partial charge is 0.492 e. The van der Waals surface area contributed by atoms with Crippen LogP contribution in [0.3, 0.4) is 0 Å². The van der Waals surface area contributed by atoms with Gasteiger partial charge in [0, 0.05) is 19.7 Å². The van der Waals surface area contributed by atoms with E-state index >= 15 is 0 Å². The predicted molar refractivity (Wildman–Crippen MR) is 191 cm³/mol. The molecule has 0 aromatic heterocycles. The second-order valence-electron chi connectivity index (χ2n) is 12.0. The number of likely N-dealkylation sites (N-methyl/N-ethyl adjacent to an activating group) is 1. The summed E-state index contributed by atoms with van der Waals surface area (Å²) in [5, 5.41) is 4.62. The van der Waals surface area contributed by atoms with E-state index in [1.165, 1.54) is 63.0 Å². The van der Waals surface area contributed by atoms with Gasteiger partial charge < -0.3 is 19.7 Å². The van der Waals surface area contributed by atoms with E-state index in [-0.39, 0.29) is 28.4 Å². The third-order valence-electron chi connectivity index (χ3n) is 7.80. The van der Waals surface area contributed by atoms with Crippen LogP contribution in [-0.2, 0) is 20.7 Å². The summed E-state index contributed by atoms with van der Waals surface area (Å²) < 4.78 is 10.7. The van der Waals surface area contributed by atoms with Crippen molar-refractivity contribution >= 4 is 34.9 Å². The lowest BCUT2D eigenvalue weighted by Gasteiger charge is -2.18. The van der Waals surface area contributed by atoms with Gasteiger partial charge in [-0.05, 0) is 69.7 Å². The number of nitrogens with zero attached hydrogens (tertiary/aromatic N) is 1. The van der Waals surface area contributed by atoms with Crippen molar-refractivity contribution in [1.29, 1.82) is 0 Å². The number of thioether (sulfide) groups is 1. The molecule has 0 saturated carbocycles. The molecule has 260 valence electrons. The zero-order valence-electron chi connectivity index (χ0n) is 28.8. The number of hydrogen-bond donors (Lipinski definition) is 2. The van der Waals surface area contributed by atoms with Crippen molar-refractivity contribution in [3.63, 3.8) is 0 Å². The molecule has 1 aliphatic rings. The standard InChI is InChI=1S/C37H55N3O6S/c1-5-45-34(41)27-30(3)19-16-18-29(2)17-14-12-10-8-6-7-9-11-13-15-24-38-36(43)40(4)25-26-46-32-22-20-31(21-23-32)28-33-35(42)39-37(44)47-33/h16,18-23,27,33H,5-15,17,24-26,28H2,1-4H3,(H,38,43)(H,39,42,44)/b19-16+,29-18+,30-27+. The number of ether oxygens (including phenoxy) is 2. The quantitative estimate of drug-likeness (QED) is 0.0527. The maximum absolute atomic E-state index is 12.4. The van der Waals surface area contributed by atoms with Crippen molar-refractivity contribution in [3.05, 3.63) is 65.3 Å². The Balaban J connectivity index is 1.40. The van der Waals surface area contributed by atoms with Crippen LogP contribution in [0.25, 0.3) is 0 Å². The van der Waals surface area contributed by atoms with Gasteiger partial charge in [-0.2, -0.15) is 0 Å². The van der Waals surface area contributed by atoms with E-state index in [9.17, 15) is 19.2 Å². The first-order chi connectivity index (χ1) is 22.7. The maximum atomic E-state index is 12.4. The molecule has 0 spiro atoms. The van der Waals surface area contributed by atoms with Crippen LogP contribution in [0.4, 0.5) is 9.59 Å². The number of nitrogens with one attached hydrogen (secondary N) is 2.